The van der Waals surface area contributed by atoms with E-state index < -0.39 is 10.0 Å². The molecule has 0 spiro atoms. The molecule has 0 radical (unpaired) electrons. The van der Waals surface area contributed by atoms with E-state index in [9.17, 15) is 8.42 Å². The van der Waals surface area contributed by atoms with Gasteiger partial charge in [0.05, 0.1) is 11.2 Å². The first-order valence-electron chi connectivity index (χ1n) is 12.5. The fraction of sp³-hybridized carbons (Fsp3) is 0.429. The highest BCUT2D eigenvalue weighted by Crippen LogP contribution is 2.33. The molecule has 1 fully saturated rings. The van der Waals surface area contributed by atoms with E-state index in [2.05, 4.69) is 30.0 Å². The van der Waals surface area contributed by atoms with Crippen LogP contribution in [0.15, 0.2) is 70.2 Å². The molecule has 2 aromatic carbocycles. The van der Waals surface area contributed by atoms with Crippen molar-refractivity contribution in [3.63, 3.8) is 0 Å². The highest BCUT2D eigenvalue weighted by atomic mass is 32.2. The Bertz CT molecular complexity index is 1210. The highest BCUT2D eigenvalue weighted by Gasteiger charge is 2.33. The second kappa shape index (κ2) is 9.96. The molecule has 3 aromatic rings. The molecular weight excluding hydrogens is 444 g/mol. The van der Waals surface area contributed by atoms with Gasteiger partial charge in [-0.1, -0.05) is 37.1 Å². The smallest absolute Gasteiger partial charge is 0.243 e. The molecule has 5 nitrogen and oxygen atoms in total. The maximum Gasteiger partial charge on any atom is 0.243 e. The lowest BCUT2D eigenvalue weighted by atomic mass is 9.99. The first-order valence-corrected chi connectivity index (χ1v) is 14.0. The lowest BCUT2D eigenvalue weighted by Crippen LogP contribution is -2.38. The van der Waals surface area contributed by atoms with E-state index in [1.165, 1.54) is 11.3 Å². The summed E-state index contributed by atoms with van der Waals surface area (Å²) in [6.45, 7) is 4.72. The number of anilines is 1. The number of rotatable bonds is 8. The number of hydrogen-bond acceptors (Lipinski definition) is 4. The third kappa shape index (κ3) is 4.80. The van der Waals surface area contributed by atoms with Crippen LogP contribution in [0.4, 0.5) is 5.69 Å². The zero-order valence-electron chi connectivity index (χ0n) is 19.9. The van der Waals surface area contributed by atoms with Gasteiger partial charge in [0.2, 0.25) is 10.0 Å². The average molecular weight is 479 g/mol. The average Bonchev–Trinajstić information content (AvgIpc) is 3.57. The normalized spacial score (nSPS) is 16.8. The van der Waals surface area contributed by atoms with Gasteiger partial charge in [0, 0.05) is 37.8 Å². The minimum Gasteiger partial charge on any atom is -0.469 e. The van der Waals surface area contributed by atoms with Crippen molar-refractivity contribution in [2.75, 3.05) is 18.0 Å². The Morgan fingerprint density at radius 1 is 1.00 bits per heavy atom. The Hall–Kier alpha value is -2.57. The van der Waals surface area contributed by atoms with Crippen molar-refractivity contribution >= 4 is 15.7 Å². The lowest BCUT2D eigenvalue weighted by Gasteiger charge is -2.32. The zero-order chi connectivity index (χ0) is 23.5. The number of aryl methyl sites for hydroxylation is 1. The quantitative estimate of drug-likeness (QED) is 0.412. The fourth-order valence-corrected chi connectivity index (χ4v) is 7.25. The molecule has 0 atom stereocenters. The van der Waals surface area contributed by atoms with Crippen LogP contribution < -0.4 is 4.90 Å². The highest BCUT2D eigenvalue weighted by molar-refractivity contribution is 7.89. The molecule has 1 saturated carbocycles. The van der Waals surface area contributed by atoms with Gasteiger partial charge >= 0.3 is 0 Å². The van der Waals surface area contributed by atoms with Crippen LogP contribution in [0.5, 0.6) is 0 Å². The molecule has 0 amide bonds. The Labute approximate surface area is 203 Å². The molecular formula is C28H34N2O3S. The van der Waals surface area contributed by atoms with Crippen LogP contribution in [0, 0.1) is 0 Å². The number of benzene rings is 2. The van der Waals surface area contributed by atoms with E-state index >= 15 is 0 Å². The van der Waals surface area contributed by atoms with Crippen molar-refractivity contribution in [2.24, 2.45) is 0 Å². The van der Waals surface area contributed by atoms with Gasteiger partial charge in [-0.15, -0.1) is 0 Å². The van der Waals surface area contributed by atoms with E-state index in [4.69, 9.17) is 4.42 Å². The number of sulfonamides is 1. The van der Waals surface area contributed by atoms with Crippen LogP contribution >= 0.6 is 0 Å². The Kier molecular flexibility index (Phi) is 6.79. The van der Waals surface area contributed by atoms with E-state index in [0.29, 0.717) is 17.9 Å². The molecule has 180 valence electrons. The van der Waals surface area contributed by atoms with Crippen LogP contribution in [0.3, 0.4) is 0 Å². The molecule has 0 unspecified atom stereocenters. The summed E-state index contributed by atoms with van der Waals surface area (Å²) in [5, 5.41) is 0. The topological polar surface area (TPSA) is 53.8 Å². The molecule has 1 aromatic heterocycles. The van der Waals surface area contributed by atoms with E-state index in [1.54, 1.807) is 16.6 Å². The van der Waals surface area contributed by atoms with Crippen molar-refractivity contribution in [2.45, 2.75) is 69.4 Å². The minimum atomic E-state index is -3.63. The van der Waals surface area contributed by atoms with Gasteiger partial charge in [-0.05, 0) is 79.6 Å². The SMILES string of the molecule is CCN1CCCc2cc(CN(C3CCCC3)S(=O)(=O)c3cccc(Cc4ccco4)c3)ccc21. The second-order valence-corrected chi connectivity index (χ2v) is 11.4. The number of fused-ring (bicyclic) bond motifs is 1. The van der Waals surface area contributed by atoms with Crippen LogP contribution in [0.1, 0.15) is 61.5 Å². The molecule has 0 saturated heterocycles. The first kappa shape index (κ1) is 23.2. The largest absolute Gasteiger partial charge is 0.469 e. The molecule has 1 aliphatic carbocycles. The lowest BCUT2D eigenvalue weighted by molar-refractivity contribution is 0.316. The van der Waals surface area contributed by atoms with Crippen molar-refractivity contribution in [3.8, 4) is 0 Å². The second-order valence-electron chi connectivity index (χ2n) is 9.54. The van der Waals surface area contributed by atoms with Crippen LogP contribution in [-0.2, 0) is 29.4 Å². The molecule has 34 heavy (non-hydrogen) atoms. The molecule has 6 heteroatoms. The molecule has 1 aliphatic heterocycles. The van der Waals surface area contributed by atoms with Gasteiger partial charge in [0.25, 0.3) is 0 Å². The maximum atomic E-state index is 14.0. The summed E-state index contributed by atoms with van der Waals surface area (Å²) in [7, 11) is -3.63. The van der Waals surface area contributed by atoms with E-state index in [0.717, 1.165) is 68.5 Å². The van der Waals surface area contributed by atoms with Crippen molar-refractivity contribution in [1.29, 1.82) is 0 Å². The summed E-state index contributed by atoms with van der Waals surface area (Å²) in [4.78, 5) is 2.79. The van der Waals surface area contributed by atoms with Crippen LogP contribution in [-0.4, -0.2) is 31.9 Å². The molecule has 0 N–H and O–H groups in total. The van der Waals surface area contributed by atoms with Gasteiger partial charge < -0.3 is 9.32 Å². The first-order chi connectivity index (χ1) is 16.5. The summed E-state index contributed by atoms with van der Waals surface area (Å²) in [6.07, 6.45) is 8.48. The Morgan fingerprint density at radius 3 is 2.62 bits per heavy atom. The predicted molar refractivity (Wildman–Crippen MR) is 136 cm³/mol. The minimum absolute atomic E-state index is 0.0573. The van der Waals surface area contributed by atoms with Gasteiger partial charge in [-0.2, -0.15) is 4.31 Å². The third-order valence-electron chi connectivity index (χ3n) is 7.27. The van der Waals surface area contributed by atoms with Gasteiger partial charge in [0.1, 0.15) is 5.76 Å². The van der Waals surface area contributed by atoms with Gasteiger partial charge in [-0.25, -0.2) is 8.42 Å². The van der Waals surface area contributed by atoms with Crippen molar-refractivity contribution in [3.05, 3.63) is 83.3 Å². The van der Waals surface area contributed by atoms with Crippen molar-refractivity contribution in [1.82, 2.24) is 4.31 Å². The molecule has 2 heterocycles. The fourth-order valence-electron chi connectivity index (χ4n) is 5.50. The summed E-state index contributed by atoms with van der Waals surface area (Å²) in [5.74, 6) is 0.831. The standard InChI is InChI=1S/C28H34N2O3S/c1-2-29-16-6-9-24-18-23(14-15-28(24)29)21-30(25-10-3-4-11-25)34(31,32)27-13-5-8-22(20-27)19-26-12-7-17-33-26/h5,7-8,12-15,17-18,20,25H,2-4,6,9-11,16,19,21H2,1H3. The van der Waals surface area contributed by atoms with E-state index in [1.807, 2.05) is 30.3 Å². The Morgan fingerprint density at radius 2 is 1.85 bits per heavy atom. The van der Waals surface area contributed by atoms with Gasteiger partial charge in [0.15, 0.2) is 0 Å². The number of nitrogens with zero attached hydrogens (tertiary/aromatic N) is 2. The predicted octanol–water partition coefficient (Wildman–Crippen LogP) is 5.78. The molecule has 2 aliphatic rings. The number of furan rings is 1. The summed E-state index contributed by atoms with van der Waals surface area (Å²) < 4.78 is 35.2. The zero-order valence-corrected chi connectivity index (χ0v) is 20.8. The summed E-state index contributed by atoms with van der Waals surface area (Å²) in [6, 6.07) is 17.7. The van der Waals surface area contributed by atoms with Crippen molar-refractivity contribution < 1.29 is 12.8 Å². The summed E-state index contributed by atoms with van der Waals surface area (Å²) in [5.41, 5.74) is 4.67. The maximum absolute atomic E-state index is 14.0. The number of hydrogen-bond donors (Lipinski definition) is 0. The summed E-state index contributed by atoms with van der Waals surface area (Å²) >= 11 is 0. The monoisotopic (exact) mass is 478 g/mol. The van der Waals surface area contributed by atoms with Gasteiger partial charge in [-0.3, -0.25) is 0 Å². The van der Waals surface area contributed by atoms with E-state index in [-0.39, 0.29) is 6.04 Å². The van der Waals surface area contributed by atoms with Crippen LogP contribution in [0.25, 0.3) is 0 Å². The van der Waals surface area contributed by atoms with Crippen LogP contribution in [0.2, 0.25) is 0 Å². The Balaban J connectivity index is 1.44. The third-order valence-corrected chi connectivity index (χ3v) is 9.17. The molecule has 5 rings (SSSR count). The molecule has 0 bridgehead atoms.